The first-order valence-electron chi connectivity index (χ1n) is 14.0. The van der Waals surface area contributed by atoms with Crippen molar-refractivity contribution < 1.29 is 24.2 Å². The molecular weight excluding hydrogens is 518 g/mol. The van der Waals surface area contributed by atoms with E-state index in [0.717, 1.165) is 30.4 Å². The van der Waals surface area contributed by atoms with E-state index in [1.807, 2.05) is 29.2 Å². The van der Waals surface area contributed by atoms with Gasteiger partial charge in [0, 0.05) is 32.5 Å². The maximum atomic E-state index is 14.2. The molecule has 3 atom stereocenters. The zero-order valence-corrected chi connectivity index (χ0v) is 23.0. The monoisotopic (exact) mass is 551 g/mol. The molecule has 1 aliphatic heterocycles. The predicted molar refractivity (Wildman–Crippen MR) is 145 cm³/mol. The minimum atomic E-state index is -1.19. The summed E-state index contributed by atoms with van der Waals surface area (Å²) in [4.78, 5) is 42.4. The van der Waals surface area contributed by atoms with E-state index in [1.54, 1.807) is 13.2 Å². The van der Waals surface area contributed by atoms with E-state index in [-0.39, 0.29) is 23.8 Å². The summed E-state index contributed by atoms with van der Waals surface area (Å²) in [6.45, 7) is 1.23. The van der Waals surface area contributed by atoms with Gasteiger partial charge in [-0.2, -0.15) is 5.10 Å². The fraction of sp³-hybridized carbons (Fsp3) is 0.533. The Labute approximate surface area is 233 Å². The number of halogens is 1. The number of hydrogen-bond acceptors (Lipinski definition) is 5. The molecule has 1 aromatic heterocycles. The van der Waals surface area contributed by atoms with Crippen LogP contribution in [0.25, 0.3) is 0 Å². The number of carbonyl (C=O) groups is 3. The highest BCUT2D eigenvalue weighted by atomic mass is 35.5. The lowest BCUT2D eigenvalue weighted by Crippen LogP contribution is -2.39. The number of carboxylic acids is 1. The molecule has 4 aliphatic rings. The Morgan fingerprint density at radius 2 is 1.97 bits per heavy atom. The topological polar surface area (TPSA) is 102 Å². The third-order valence-electron chi connectivity index (χ3n) is 9.11. The fourth-order valence-corrected chi connectivity index (χ4v) is 6.97. The van der Waals surface area contributed by atoms with E-state index in [1.165, 1.54) is 4.68 Å². The lowest BCUT2D eigenvalue weighted by molar-refractivity contribution is -0.144. The molecule has 39 heavy (non-hydrogen) atoms. The summed E-state index contributed by atoms with van der Waals surface area (Å²) >= 11 is 6.62. The molecule has 1 amide bonds. The first-order valence-corrected chi connectivity index (χ1v) is 14.4. The molecule has 206 valence electrons. The SMILES string of the molecule is CO[C@@H]1CCN(C(=O)[C@H]2CCc3c(C4(C(=O)O)CC=CCC4)nn(C(=O)c4c(Cl)cccc4C4CC4)c3C2)C1. The summed E-state index contributed by atoms with van der Waals surface area (Å²) in [7, 11) is 1.67. The number of carboxylic acid groups (broad SMARTS) is 1. The van der Waals surface area contributed by atoms with Crippen LogP contribution in [0.15, 0.2) is 30.4 Å². The van der Waals surface area contributed by atoms with Gasteiger partial charge in [0.05, 0.1) is 28.1 Å². The van der Waals surface area contributed by atoms with Crippen LogP contribution in [0.1, 0.15) is 83.7 Å². The Kier molecular flexibility index (Phi) is 6.88. The molecule has 0 radical (unpaired) electrons. The van der Waals surface area contributed by atoms with E-state index < -0.39 is 11.4 Å². The van der Waals surface area contributed by atoms with Crippen LogP contribution in [0.3, 0.4) is 0 Å². The number of nitrogens with zero attached hydrogens (tertiary/aromatic N) is 3. The Morgan fingerprint density at radius 3 is 2.64 bits per heavy atom. The molecular formula is C30H34ClN3O5. The normalized spacial score (nSPS) is 26.5. The summed E-state index contributed by atoms with van der Waals surface area (Å²) in [5, 5.41) is 15.6. The van der Waals surface area contributed by atoms with E-state index >= 15 is 0 Å². The van der Waals surface area contributed by atoms with Gasteiger partial charge in [0.15, 0.2) is 0 Å². The van der Waals surface area contributed by atoms with E-state index in [0.29, 0.717) is 79.5 Å². The third kappa shape index (κ3) is 4.51. The maximum absolute atomic E-state index is 14.2. The number of methoxy groups -OCH3 is 1. The van der Waals surface area contributed by atoms with Crippen molar-refractivity contribution in [2.75, 3.05) is 20.2 Å². The Hall–Kier alpha value is -2.97. The lowest BCUT2D eigenvalue weighted by Gasteiger charge is -2.31. The van der Waals surface area contributed by atoms with Gasteiger partial charge in [0.1, 0.15) is 5.41 Å². The average molecular weight is 552 g/mol. The molecule has 1 saturated carbocycles. The van der Waals surface area contributed by atoms with Crippen LogP contribution in [0.4, 0.5) is 0 Å². The van der Waals surface area contributed by atoms with Crippen molar-refractivity contribution in [3.63, 3.8) is 0 Å². The number of allylic oxidation sites excluding steroid dienone is 2. The predicted octanol–water partition coefficient (Wildman–Crippen LogP) is 4.52. The van der Waals surface area contributed by atoms with E-state index in [4.69, 9.17) is 21.4 Å². The fourth-order valence-electron chi connectivity index (χ4n) is 6.71. The largest absolute Gasteiger partial charge is 0.481 e. The number of aliphatic carboxylic acids is 1. The number of aromatic nitrogens is 2. The summed E-state index contributed by atoms with van der Waals surface area (Å²) in [6.07, 6.45) is 9.60. The van der Waals surface area contributed by atoms with Crippen molar-refractivity contribution >= 4 is 29.4 Å². The van der Waals surface area contributed by atoms with E-state index in [9.17, 15) is 19.5 Å². The molecule has 1 unspecified atom stereocenters. The summed E-state index contributed by atoms with van der Waals surface area (Å²) in [6, 6.07) is 5.53. The Morgan fingerprint density at radius 1 is 1.15 bits per heavy atom. The quantitative estimate of drug-likeness (QED) is 0.530. The molecule has 1 N–H and O–H groups in total. The van der Waals surface area contributed by atoms with Crippen molar-refractivity contribution in [3.8, 4) is 0 Å². The molecule has 8 nitrogen and oxygen atoms in total. The van der Waals surface area contributed by atoms with Crippen LogP contribution in [0, 0.1) is 5.92 Å². The third-order valence-corrected chi connectivity index (χ3v) is 9.43. The molecule has 3 aliphatic carbocycles. The van der Waals surface area contributed by atoms with Crippen molar-refractivity contribution in [1.29, 1.82) is 0 Å². The molecule has 2 fully saturated rings. The van der Waals surface area contributed by atoms with Crippen molar-refractivity contribution in [2.24, 2.45) is 5.92 Å². The highest BCUT2D eigenvalue weighted by Gasteiger charge is 2.47. The first kappa shape index (κ1) is 26.3. The van der Waals surface area contributed by atoms with Gasteiger partial charge in [-0.1, -0.05) is 35.9 Å². The average Bonchev–Trinajstić information content (AvgIpc) is 3.56. The molecule has 1 aromatic carbocycles. The van der Waals surface area contributed by atoms with Crippen molar-refractivity contribution in [1.82, 2.24) is 14.7 Å². The number of rotatable bonds is 6. The molecule has 0 spiro atoms. The smallest absolute Gasteiger partial charge is 0.316 e. The number of likely N-dealkylation sites (tertiary alicyclic amines) is 1. The van der Waals surface area contributed by atoms with E-state index in [2.05, 4.69) is 0 Å². The Balaban J connectivity index is 1.43. The standard InChI is InChI=1S/C30H34ClN3O5/c1-39-20-12-15-33(17-20)27(35)19-10-11-22-24(16-19)34(32-26(22)30(29(37)38)13-3-2-4-14-30)28(36)25-21(18-8-9-18)6-5-7-23(25)31/h2-3,5-7,18-20H,4,8-17H2,1H3,(H,37,38)/t19-,20+,30?/m0/s1. The summed E-state index contributed by atoms with van der Waals surface area (Å²) in [5.41, 5.74) is 2.08. The molecule has 0 bridgehead atoms. The number of carbonyl (C=O) groups excluding carboxylic acids is 2. The number of ether oxygens (including phenoxy) is 1. The number of amides is 1. The van der Waals surface area contributed by atoms with Crippen LogP contribution in [-0.2, 0) is 32.6 Å². The molecule has 1 saturated heterocycles. The van der Waals surface area contributed by atoms with Crippen molar-refractivity contribution in [2.45, 2.75) is 75.2 Å². The summed E-state index contributed by atoms with van der Waals surface area (Å²) in [5.74, 6) is -1.22. The molecule has 9 heteroatoms. The minimum Gasteiger partial charge on any atom is -0.481 e. The first-order chi connectivity index (χ1) is 18.8. The molecule has 6 rings (SSSR count). The number of fused-ring (bicyclic) bond motifs is 1. The number of benzene rings is 1. The van der Waals surface area contributed by atoms with Crippen LogP contribution < -0.4 is 0 Å². The second-order valence-corrected chi connectivity index (χ2v) is 11.8. The second kappa shape index (κ2) is 10.2. The highest BCUT2D eigenvalue weighted by molar-refractivity contribution is 6.34. The highest BCUT2D eigenvalue weighted by Crippen LogP contribution is 2.45. The summed E-state index contributed by atoms with van der Waals surface area (Å²) < 4.78 is 6.85. The Bertz CT molecular complexity index is 1360. The van der Waals surface area contributed by atoms with Crippen LogP contribution in [-0.4, -0.2) is 63.9 Å². The van der Waals surface area contributed by atoms with Crippen molar-refractivity contribution in [3.05, 3.63) is 63.5 Å². The van der Waals surface area contributed by atoms with Gasteiger partial charge in [-0.05, 0) is 74.5 Å². The van der Waals surface area contributed by atoms with Gasteiger partial charge in [0.25, 0.3) is 5.91 Å². The maximum Gasteiger partial charge on any atom is 0.316 e. The lowest BCUT2D eigenvalue weighted by atomic mass is 9.71. The van der Waals surface area contributed by atoms with Gasteiger partial charge < -0.3 is 14.7 Å². The number of hydrogen-bond donors (Lipinski definition) is 1. The van der Waals surface area contributed by atoms with Crippen LogP contribution >= 0.6 is 11.6 Å². The van der Waals surface area contributed by atoms with Gasteiger partial charge in [-0.3, -0.25) is 14.4 Å². The van der Waals surface area contributed by atoms with Crippen LogP contribution in [0.2, 0.25) is 5.02 Å². The second-order valence-electron chi connectivity index (χ2n) is 11.4. The van der Waals surface area contributed by atoms with Gasteiger partial charge in [-0.25, -0.2) is 4.68 Å². The zero-order chi connectivity index (χ0) is 27.3. The molecule has 2 aromatic rings. The molecule has 2 heterocycles. The van der Waals surface area contributed by atoms with Gasteiger partial charge >= 0.3 is 5.97 Å². The van der Waals surface area contributed by atoms with Gasteiger partial charge in [0.2, 0.25) is 5.91 Å². The zero-order valence-electron chi connectivity index (χ0n) is 22.2. The van der Waals surface area contributed by atoms with Gasteiger partial charge in [-0.15, -0.1) is 0 Å². The van der Waals surface area contributed by atoms with Crippen LogP contribution in [0.5, 0.6) is 0 Å². The minimum absolute atomic E-state index is 0.0441.